The molecular formula is C7H14. The van der Waals surface area contributed by atoms with Crippen molar-refractivity contribution in [1.82, 2.24) is 0 Å². The van der Waals surface area contributed by atoms with Gasteiger partial charge in [-0.05, 0) is 12.8 Å². The second-order valence-corrected chi connectivity index (χ2v) is 1.91. The van der Waals surface area contributed by atoms with E-state index in [0.29, 0.717) is 0 Å². The minimum absolute atomic E-state index is 0.769. The summed E-state index contributed by atoms with van der Waals surface area (Å²) >= 11 is 0. The molecule has 0 heterocycles. The van der Waals surface area contributed by atoms with Crippen LogP contribution in [0.25, 0.3) is 0 Å². The lowest BCUT2D eigenvalue weighted by molar-refractivity contribution is 0.697. The summed E-state index contributed by atoms with van der Waals surface area (Å²) in [5, 5.41) is 0. The number of hydrogen-bond donors (Lipinski definition) is 0. The Labute approximate surface area is 46.2 Å². The van der Waals surface area contributed by atoms with Gasteiger partial charge in [0.25, 0.3) is 0 Å². The SMILES string of the molecule is CC=CC(C)CC. The Morgan fingerprint density at radius 2 is 2.14 bits per heavy atom. The molecule has 0 amide bonds. The van der Waals surface area contributed by atoms with E-state index < -0.39 is 0 Å². The molecule has 0 saturated heterocycles. The van der Waals surface area contributed by atoms with Crippen LogP contribution in [0.3, 0.4) is 0 Å². The number of allylic oxidation sites excluding steroid dienone is 2. The van der Waals surface area contributed by atoms with E-state index >= 15 is 0 Å². The maximum atomic E-state index is 2.22. The zero-order chi connectivity index (χ0) is 5.70. The molecule has 0 bridgehead atoms. The Bertz CT molecular complexity index is 53.1. The Morgan fingerprint density at radius 1 is 1.57 bits per heavy atom. The molecule has 0 aromatic heterocycles. The van der Waals surface area contributed by atoms with Gasteiger partial charge in [-0.3, -0.25) is 0 Å². The van der Waals surface area contributed by atoms with Crippen molar-refractivity contribution < 1.29 is 0 Å². The maximum absolute atomic E-state index is 2.22. The van der Waals surface area contributed by atoms with Crippen LogP contribution >= 0.6 is 0 Å². The van der Waals surface area contributed by atoms with Gasteiger partial charge in [0.05, 0.1) is 0 Å². The molecule has 0 rings (SSSR count). The normalized spacial score (nSPS) is 15.3. The highest BCUT2D eigenvalue weighted by Gasteiger charge is 1.85. The van der Waals surface area contributed by atoms with Gasteiger partial charge in [0.15, 0.2) is 0 Å². The van der Waals surface area contributed by atoms with Gasteiger partial charge in [0.2, 0.25) is 0 Å². The van der Waals surface area contributed by atoms with Gasteiger partial charge in [-0.25, -0.2) is 0 Å². The van der Waals surface area contributed by atoms with Crippen LogP contribution in [0.2, 0.25) is 0 Å². The molecule has 0 N–H and O–H groups in total. The van der Waals surface area contributed by atoms with E-state index in [0.717, 1.165) is 5.92 Å². The zero-order valence-electron chi connectivity index (χ0n) is 5.44. The van der Waals surface area contributed by atoms with Gasteiger partial charge in [0.1, 0.15) is 0 Å². The number of rotatable bonds is 2. The Hall–Kier alpha value is -0.260. The molecule has 0 fully saturated rings. The van der Waals surface area contributed by atoms with Gasteiger partial charge < -0.3 is 0 Å². The molecule has 0 nitrogen and oxygen atoms in total. The third-order valence-corrected chi connectivity index (χ3v) is 1.16. The van der Waals surface area contributed by atoms with Gasteiger partial charge in [-0.15, -0.1) is 0 Å². The molecular weight excluding hydrogens is 84.1 g/mol. The van der Waals surface area contributed by atoms with Crippen LogP contribution in [0, 0.1) is 5.92 Å². The first-order valence-corrected chi connectivity index (χ1v) is 2.94. The predicted molar refractivity (Wildman–Crippen MR) is 34.3 cm³/mol. The molecule has 0 aliphatic rings. The monoisotopic (exact) mass is 98.1 g/mol. The van der Waals surface area contributed by atoms with Crippen molar-refractivity contribution in [1.29, 1.82) is 0 Å². The van der Waals surface area contributed by atoms with Crippen LogP contribution in [0.5, 0.6) is 0 Å². The van der Waals surface area contributed by atoms with Crippen LogP contribution in [-0.2, 0) is 0 Å². The highest BCUT2D eigenvalue weighted by molar-refractivity contribution is 4.81. The Morgan fingerprint density at radius 3 is 2.29 bits per heavy atom. The minimum Gasteiger partial charge on any atom is -0.0914 e. The lowest BCUT2D eigenvalue weighted by Gasteiger charge is -1.95. The smallest absolute Gasteiger partial charge is 0.0265 e. The largest absolute Gasteiger partial charge is 0.0914 e. The van der Waals surface area contributed by atoms with Crippen molar-refractivity contribution in [2.45, 2.75) is 27.2 Å². The fourth-order valence-electron chi connectivity index (χ4n) is 0.465. The highest BCUT2D eigenvalue weighted by Crippen LogP contribution is 2.00. The van der Waals surface area contributed by atoms with Crippen molar-refractivity contribution in [3.8, 4) is 0 Å². The number of hydrogen-bond acceptors (Lipinski definition) is 0. The highest BCUT2D eigenvalue weighted by atomic mass is 13.9. The molecule has 0 radical (unpaired) electrons. The molecule has 1 atom stereocenters. The minimum atomic E-state index is 0.769. The van der Waals surface area contributed by atoms with Crippen molar-refractivity contribution in [2.24, 2.45) is 5.92 Å². The molecule has 42 valence electrons. The molecule has 0 heteroatoms. The Balaban J connectivity index is 3.16. The van der Waals surface area contributed by atoms with Crippen LogP contribution in [-0.4, -0.2) is 0 Å². The van der Waals surface area contributed by atoms with E-state index in [-0.39, 0.29) is 0 Å². The fraction of sp³-hybridized carbons (Fsp3) is 0.714. The maximum Gasteiger partial charge on any atom is -0.0265 e. The van der Waals surface area contributed by atoms with Crippen LogP contribution in [0.1, 0.15) is 27.2 Å². The Kier molecular flexibility index (Phi) is 3.77. The van der Waals surface area contributed by atoms with E-state index in [2.05, 4.69) is 32.9 Å². The van der Waals surface area contributed by atoms with Crippen LogP contribution in [0.15, 0.2) is 12.2 Å². The first-order valence-electron chi connectivity index (χ1n) is 2.94. The zero-order valence-corrected chi connectivity index (χ0v) is 5.44. The lowest BCUT2D eigenvalue weighted by Crippen LogP contribution is -1.81. The van der Waals surface area contributed by atoms with Crippen molar-refractivity contribution in [3.63, 3.8) is 0 Å². The molecule has 0 aliphatic heterocycles. The van der Waals surface area contributed by atoms with Gasteiger partial charge >= 0.3 is 0 Å². The molecule has 1 unspecified atom stereocenters. The standard InChI is InChI=1S/C7H14/c1-4-6-7(3)5-2/h4,6-7H,5H2,1-3H3. The fourth-order valence-corrected chi connectivity index (χ4v) is 0.465. The average molecular weight is 98.2 g/mol. The molecule has 0 aromatic carbocycles. The molecule has 0 spiro atoms. The molecule has 7 heavy (non-hydrogen) atoms. The topological polar surface area (TPSA) is 0 Å². The first kappa shape index (κ1) is 6.74. The summed E-state index contributed by atoms with van der Waals surface area (Å²) in [5.74, 6) is 0.769. The van der Waals surface area contributed by atoms with E-state index in [1.807, 2.05) is 0 Å². The summed E-state index contributed by atoms with van der Waals surface area (Å²) in [6.45, 7) is 6.48. The molecule has 0 aromatic rings. The van der Waals surface area contributed by atoms with Crippen molar-refractivity contribution in [2.75, 3.05) is 0 Å². The summed E-state index contributed by atoms with van der Waals surface area (Å²) in [7, 11) is 0. The second kappa shape index (κ2) is 3.91. The summed E-state index contributed by atoms with van der Waals surface area (Å²) < 4.78 is 0. The average Bonchev–Trinajstić information content (AvgIpc) is 1.68. The molecule has 0 saturated carbocycles. The second-order valence-electron chi connectivity index (χ2n) is 1.91. The predicted octanol–water partition coefficient (Wildman–Crippen LogP) is 2.61. The summed E-state index contributed by atoms with van der Waals surface area (Å²) in [5.41, 5.74) is 0. The first-order chi connectivity index (χ1) is 3.31. The summed E-state index contributed by atoms with van der Waals surface area (Å²) in [4.78, 5) is 0. The lowest BCUT2D eigenvalue weighted by atomic mass is 10.1. The van der Waals surface area contributed by atoms with Gasteiger partial charge in [-0.1, -0.05) is 32.4 Å². The van der Waals surface area contributed by atoms with Crippen LogP contribution < -0.4 is 0 Å². The van der Waals surface area contributed by atoms with E-state index in [4.69, 9.17) is 0 Å². The summed E-state index contributed by atoms with van der Waals surface area (Å²) in [6, 6.07) is 0. The molecule has 0 aliphatic carbocycles. The van der Waals surface area contributed by atoms with E-state index in [9.17, 15) is 0 Å². The van der Waals surface area contributed by atoms with Gasteiger partial charge in [0, 0.05) is 0 Å². The van der Waals surface area contributed by atoms with Crippen LogP contribution in [0.4, 0.5) is 0 Å². The quantitative estimate of drug-likeness (QED) is 0.466. The van der Waals surface area contributed by atoms with Crippen molar-refractivity contribution in [3.05, 3.63) is 12.2 Å². The van der Waals surface area contributed by atoms with Crippen molar-refractivity contribution >= 4 is 0 Å². The van der Waals surface area contributed by atoms with E-state index in [1.165, 1.54) is 6.42 Å². The summed E-state index contributed by atoms with van der Waals surface area (Å²) in [6.07, 6.45) is 5.58. The van der Waals surface area contributed by atoms with Gasteiger partial charge in [-0.2, -0.15) is 0 Å². The third-order valence-electron chi connectivity index (χ3n) is 1.16. The van der Waals surface area contributed by atoms with E-state index in [1.54, 1.807) is 0 Å². The third kappa shape index (κ3) is 3.57.